The molecule has 0 atom stereocenters. The van der Waals surface area contributed by atoms with Crippen LogP contribution in [0, 0.1) is 0 Å². The van der Waals surface area contributed by atoms with Crippen molar-refractivity contribution in [2.45, 2.75) is 0 Å². The van der Waals surface area contributed by atoms with E-state index in [1.165, 1.54) is 0 Å². The highest BCUT2D eigenvalue weighted by molar-refractivity contribution is 6.32. The molecule has 0 N–H and O–H groups in total. The second-order valence-electron chi connectivity index (χ2n) is 2.75. The predicted octanol–water partition coefficient (Wildman–Crippen LogP) is 3.01. The molecule has 2 nitrogen and oxygen atoms in total. The molecule has 0 aliphatic heterocycles. The maximum atomic E-state index is 5.95. The van der Waals surface area contributed by atoms with E-state index in [0.29, 0.717) is 17.4 Å². The van der Waals surface area contributed by atoms with E-state index in [1.54, 1.807) is 14.2 Å². The van der Waals surface area contributed by atoms with E-state index in [2.05, 4.69) is 0 Å². The van der Waals surface area contributed by atoms with E-state index in [1.807, 2.05) is 30.4 Å². The Bertz CT molecular complexity index is 321. The molecule has 1 rings (SSSR count). The molecule has 0 aliphatic carbocycles. The first-order chi connectivity index (χ1) is 6.77. The molecule has 76 valence electrons. The maximum Gasteiger partial charge on any atom is 0.137 e. The second kappa shape index (κ2) is 5.68. The summed E-state index contributed by atoms with van der Waals surface area (Å²) in [5, 5.41) is 0.618. The smallest absolute Gasteiger partial charge is 0.137 e. The third-order valence-corrected chi connectivity index (χ3v) is 2.04. The summed E-state index contributed by atoms with van der Waals surface area (Å²) in [5.74, 6) is 0.690. The molecule has 0 heterocycles. The number of benzene rings is 1. The van der Waals surface area contributed by atoms with Crippen molar-refractivity contribution in [3.05, 3.63) is 34.9 Å². The van der Waals surface area contributed by atoms with Crippen molar-refractivity contribution >= 4 is 17.7 Å². The van der Waals surface area contributed by atoms with Crippen LogP contribution in [0.15, 0.2) is 24.3 Å². The van der Waals surface area contributed by atoms with Crippen molar-refractivity contribution in [2.24, 2.45) is 0 Å². The van der Waals surface area contributed by atoms with E-state index in [4.69, 9.17) is 21.1 Å². The van der Waals surface area contributed by atoms with Crippen molar-refractivity contribution in [3.63, 3.8) is 0 Å². The number of rotatable bonds is 4. The first-order valence-electron chi connectivity index (χ1n) is 4.27. The van der Waals surface area contributed by atoms with E-state index in [0.717, 1.165) is 5.56 Å². The monoisotopic (exact) mass is 212 g/mol. The molecule has 0 radical (unpaired) electrons. The minimum absolute atomic E-state index is 0.601. The minimum Gasteiger partial charge on any atom is -0.495 e. The number of hydrogen-bond acceptors (Lipinski definition) is 2. The highest BCUT2D eigenvalue weighted by Crippen LogP contribution is 2.25. The summed E-state index contributed by atoms with van der Waals surface area (Å²) in [6.45, 7) is 0.601. The highest BCUT2D eigenvalue weighted by atomic mass is 35.5. The summed E-state index contributed by atoms with van der Waals surface area (Å²) in [4.78, 5) is 0. The molecule has 0 unspecified atom stereocenters. The third kappa shape index (κ3) is 3.05. The first-order valence-corrected chi connectivity index (χ1v) is 4.64. The molecule has 14 heavy (non-hydrogen) atoms. The van der Waals surface area contributed by atoms with Gasteiger partial charge in [0.2, 0.25) is 0 Å². The largest absolute Gasteiger partial charge is 0.495 e. The van der Waals surface area contributed by atoms with Crippen LogP contribution in [-0.2, 0) is 4.74 Å². The normalized spacial score (nSPS) is 10.8. The van der Waals surface area contributed by atoms with Crippen LogP contribution >= 0.6 is 11.6 Å². The van der Waals surface area contributed by atoms with Gasteiger partial charge in [-0.25, -0.2) is 0 Å². The van der Waals surface area contributed by atoms with Gasteiger partial charge in [0.25, 0.3) is 0 Å². The van der Waals surface area contributed by atoms with Gasteiger partial charge < -0.3 is 9.47 Å². The Morgan fingerprint density at radius 2 is 2.14 bits per heavy atom. The summed E-state index contributed by atoms with van der Waals surface area (Å²) < 4.78 is 9.94. The van der Waals surface area contributed by atoms with Crippen molar-refractivity contribution in [3.8, 4) is 5.75 Å². The zero-order chi connectivity index (χ0) is 10.4. The Morgan fingerprint density at radius 1 is 1.36 bits per heavy atom. The molecule has 0 aromatic heterocycles. The molecular weight excluding hydrogens is 200 g/mol. The Labute approximate surface area is 89.1 Å². The number of halogens is 1. The average Bonchev–Trinajstić information content (AvgIpc) is 2.18. The SMILES string of the molecule is COCC=Cc1ccc(OC)c(Cl)c1. The molecule has 1 aromatic carbocycles. The van der Waals surface area contributed by atoms with E-state index >= 15 is 0 Å². The lowest BCUT2D eigenvalue weighted by atomic mass is 10.2. The zero-order valence-electron chi connectivity index (χ0n) is 8.29. The van der Waals surface area contributed by atoms with Crippen LogP contribution in [0.25, 0.3) is 6.08 Å². The maximum absolute atomic E-state index is 5.95. The second-order valence-corrected chi connectivity index (χ2v) is 3.16. The van der Waals surface area contributed by atoms with Gasteiger partial charge in [-0.3, -0.25) is 0 Å². The van der Waals surface area contributed by atoms with Crippen molar-refractivity contribution < 1.29 is 9.47 Å². The van der Waals surface area contributed by atoms with E-state index in [-0.39, 0.29) is 0 Å². The molecule has 0 saturated carbocycles. The summed E-state index contributed by atoms with van der Waals surface area (Å²) in [6.07, 6.45) is 3.88. The Balaban J connectivity index is 2.76. The average molecular weight is 213 g/mol. The van der Waals surface area contributed by atoms with Crippen LogP contribution in [-0.4, -0.2) is 20.8 Å². The van der Waals surface area contributed by atoms with Crippen molar-refractivity contribution in [1.82, 2.24) is 0 Å². The molecule has 1 aromatic rings. The van der Waals surface area contributed by atoms with Gasteiger partial charge in [0.05, 0.1) is 18.7 Å². The van der Waals surface area contributed by atoms with E-state index in [9.17, 15) is 0 Å². The van der Waals surface area contributed by atoms with Crippen LogP contribution < -0.4 is 4.74 Å². The Morgan fingerprint density at radius 3 is 2.71 bits per heavy atom. The molecule has 0 amide bonds. The van der Waals surface area contributed by atoms with Gasteiger partial charge in [-0.2, -0.15) is 0 Å². The van der Waals surface area contributed by atoms with Crippen LogP contribution in [0.3, 0.4) is 0 Å². The summed E-state index contributed by atoms with van der Waals surface area (Å²) in [7, 11) is 3.26. The molecule has 0 bridgehead atoms. The fourth-order valence-corrected chi connectivity index (χ4v) is 1.33. The Hall–Kier alpha value is -0.990. The number of hydrogen-bond donors (Lipinski definition) is 0. The highest BCUT2D eigenvalue weighted by Gasteiger charge is 1.98. The molecule has 0 spiro atoms. The van der Waals surface area contributed by atoms with Crippen LogP contribution in [0.2, 0.25) is 5.02 Å². The van der Waals surface area contributed by atoms with Gasteiger partial charge in [0.1, 0.15) is 5.75 Å². The lowest BCUT2D eigenvalue weighted by Gasteiger charge is -2.02. The van der Waals surface area contributed by atoms with Gasteiger partial charge in [-0.15, -0.1) is 0 Å². The minimum atomic E-state index is 0.601. The van der Waals surface area contributed by atoms with Crippen LogP contribution in [0.1, 0.15) is 5.56 Å². The Kier molecular flexibility index (Phi) is 4.50. The fraction of sp³-hybridized carbons (Fsp3) is 0.273. The molecule has 0 aliphatic rings. The first kappa shape index (κ1) is 11.1. The van der Waals surface area contributed by atoms with Crippen LogP contribution in [0.4, 0.5) is 0 Å². The number of methoxy groups -OCH3 is 2. The lowest BCUT2D eigenvalue weighted by Crippen LogP contribution is -1.84. The van der Waals surface area contributed by atoms with Crippen LogP contribution in [0.5, 0.6) is 5.75 Å². The zero-order valence-corrected chi connectivity index (χ0v) is 9.04. The van der Waals surface area contributed by atoms with Gasteiger partial charge in [-0.05, 0) is 17.7 Å². The summed E-state index contributed by atoms with van der Waals surface area (Å²) in [6, 6.07) is 5.64. The lowest BCUT2D eigenvalue weighted by molar-refractivity contribution is 0.234. The van der Waals surface area contributed by atoms with Gasteiger partial charge in [-0.1, -0.05) is 29.8 Å². The molecule has 0 fully saturated rings. The topological polar surface area (TPSA) is 18.5 Å². The van der Waals surface area contributed by atoms with Gasteiger partial charge in [0, 0.05) is 7.11 Å². The molecule has 0 saturated heterocycles. The fourth-order valence-electron chi connectivity index (χ4n) is 1.07. The quantitative estimate of drug-likeness (QED) is 0.764. The van der Waals surface area contributed by atoms with Gasteiger partial charge in [0.15, 0.2) is 0 Å². The van der Waals surface area contributed by atoms with Gasteiger partial charge >= 0.3 is 0 Å². The van der Waals surface area contributed by atoms with E-state index < -0.39 is 0 Å². The standard InChI is InChI=1S/C11H13ClO2/c1-13-7-3-4-9-5-6-11(14-2)10(12)8-9/h3-6,8H,7H2,1-2H3. The van der Waals surface area contributed by atoms with Crippen molar-refractivity contribution in [1.29, 1.82) is 0 Å². The summed E-state index contributed by atoms with van der Waals surface area (Å²) in [5.41, 5.74) is 1.04. The summed E-state index contributed by atoms with van der Waals surface area (Å²) >= 11 is 5.95. The molecular formula is C11H13ClO2. The van der Waals surface area contributed by atoms with Crippen molar-refractivity contribution in [2.75, 3.05) is 20.8 Å². The predicted molar refractivity (Wildman–Crippen MR) is 58.9 cm³/mol. The third-order valence-electron chi connectivity index (χ3n) is 1.75. The molecule has 3 heteroatoms. The number of ether oxygens (including phenoxy) is 2.